The lowest BCUT2D eigenvalue weighted by molar-refractivity contribution is -0.135. The third-order valence-electron chi connectivity index (χ3n) is 5.09. The summed E-state index contributed by atoms with van der Waals surface area (Å²) < 4.78 is 0. The predicted octanol–water partition coefficient (Wildman–Crippen LogP) is -1.51. The normalized spacial score (nSPS) is 23.8. The monoisotopic (exact) mass is 399 g/mol. The van der Waals surface area contributed by atoms with Gasteiger partial charge in [0.2, 0.25) is 5.91 Å². The zero-order chi connectivity index (χ0) is 19.6. The number of allylic oxidation sites excluding steroid dienone is 2. The second-order valence-corrected chi connectivity index (χ2v) is 7.55. The van der Waals surface area contributed by atoms with Crippen molar-refractivity contribution in [2.45, 2.75) is 51.8 Å². The first kappa shape index (κ1) is 25.9. The van der Waals surface area contributed by atoms with Crippen molar-refractivity contribution in [1.29, 1.82) is 0 Å². The molecule has 9 nitrogen and oxygen atoms in total. The fraction of sp³-hybridized carbons (Fsp3) is 0.632. The summed E-state index contributed by atoms with van der Waals surface area (Å²) in [5.41, 5.74) is 7.01. The summed E-state index contributed by atoms with van der Waals surface area (Å²) in [5, 5.41) is 12.4. The van der Waals surface area contributed by atoms with Gasteiger partial charge >= 0.3 is 0 Å². The molecule has 0 saturated carbocycles. The molecule has 8 N–H and O–H groups in total. The van der Waals surface area contributed by atoms with E-state index in [1.807, 2.05) is 12.2 Å². The third-order valence-corrected chi connectivity index (χ3v) is 5.09. The molecular weight excluding hydrogens is 366 g/mol. The molecule has 9 heteroatoms. The number of hydrogen-bond donors (Lipinski definition) is 3. The summed E-state index contributed by atoms with van der Waals surface area (Å²) in [4.78, 5) is 39.4. The molecule has 28 heavy (non-hydrogen) atoms. The molecule has 0 aromatic carbocycles. The van der Waals surface area contributed by atoms with Gasteiger partial charge in [-0.05, 0) is 31.3 Å². The van der Waals surface area contributed by atoms with Crippen LogP contribution in [0.5, 0.6) is 0 Å². The molecule has 2 rings (SSSR count). The van der Waals surface area contributed by atoms with Crippen molar-refractivity contribution in [2.75, 3.05) is 13.6 Å². The fourth-order valence-corrected chi connectivity index (χ4v) is 3.45. The van der Waals surface area contributed by atoms with E-state index in [0.29, 0.717) is 12.1 Å². The molecule has 0 fully saturated rings. The van der Waals surface area contributed by atoms with E-state index in [9.17, 15) is 19.5 Å². The van der Waals surface area contributed by atoms with Gasteiger partial charge in [-0.2, -0.15) is 0 Å². The Morgan fingerprint density at radius 1 is 1.29 bits per heavy atom. The lowest BCUT2D eigenvalue weighted by atomic mass is 9.80. The number of amides is 2. The molecule has 1 unspecified atom stereocenters. The number of fused-ring (bicyclic) bond motifs is 1. The number of hydrogen-bond acceptors (Lipinski definition) is 5. The molecule has 0 aromatic heterocycles. The van der Waals surface area contributed by atoms with Crippen LogP contribution in [0.25, 0.3) is 0 Å². The number of carbonyl (C=O) groups excluding carboxylic acids is 3. The number of Topliss-reactive ketones (excluding diaryl/α,β-unsaturated/α-hetero) is 1. The Labute approximate surface area is 165 Å². The zero-order valence-electron chi connectivity index (χ0n) is 16.9. The number of nitrogens with one attached hydrogen (secondary N) is 1. The van der Waals surface area contributed by atoms with E-state index in [1.54, 1.807) is 20.9 Å². The molecule has 0 radical (unpaired) electrons. The first-order valence-corrected chi connectivity index (χ1v) is 9.09. The first-order chi connectivity index (χ1) is 12.1. The Balaban J connectivity index is 0.00000364. The number of ketones is 1. The average molecular weight is 399 g/mol. The highest BCUT2D eigenvalue weighted by Crippen LogP contribution is 2.33. The zero-order valence-corrected chi connectivity index (χ0v) is 16.9. The van der Waals surface area contributed by atoms with Crippen LogP contribution in [-0.4, -0.2) is 70.3 Å². The van der Waals surface area contributed by atoms with Gasteiger partial charge in [-0.15, -0.1) is 0 Å². The van der Waals surface area contributed by atoms with E-state index < -0.39 is 23.8 Å². The van der Waals surface area contributed by atoms with Gasteiger partial charge < -0.3 is 32.0 Å². The van der Waals surface area contributed by atoms with Crippen LogP contribution in [0, 0.1) is 11.8 Å². The summed E-state index contributed by atoms with van der Waals surface area (Å²) in [6.07, 6.45) is 4.20. The van der Waals surface area contributed by atoms with Crippen LogP contribution in [0.15, 0.2) is 23.3 Å². The second kappa shape index (κ2) is 10.5. The van der Waals surface area contributed by atoms with E-state index in [2.05, 4.69) is 5.32 Å². The largest absolute Gasteiger partial charge is 0.412 e. The summed E-state index contributed by atoms with van der Waals surface area (Å²) in [6.45, 7) is 5.33. The molecule has 4 atom stereocenters. The van der Waals surface area contributed by atoms with Gasteiger partial charge in [-0.3, -0.25) is 14.4 Å². The van der Waals surface area contributed by atoms with Crippen molar-refractivity contribution < 1.29 is 30.4 Å². The number of nitrogens with zero attached hydrogens (tertiary/aromatic N) is 1. The van der Waals surface area contributed by atoms with Crippen molar-refractivity contribution >= 4 is 17.6 Å². The molecule has 160 valence electrons. The van der Waals surface area contributed by atoms with Gasteiger partial charge in [0.1, 0.15) is 6.10 Å². The van der Waals surface area contributed by atoms with Crippen LogP contribution in [0.3, 0.4) is 0 Å². The van der Waals surface area contributed by atoms with Crippen molar-refractivity contribution in [3.8, 4) is 0 Å². The molecule has 2 aliphatic rings. The topological polar surface area (TPSA) is 176 Å². The summed E-state index contributed by atoms with van der Waals surface area (Å²) in [5.74, 6) is -1.77. The van der Waals surface area contributed by atoms with Crippen molar-refractivity contribution in [2.24, 2.45) is 17.6 Å². The molecule has 0 saturated heterocycles. The summed E-state index contributed by atoms with van der Waals surface area (Å²) >= 11 is 0. The Bertz CT molecular complexity index is 658. The smallest absolute Gasteiger partial charge is 0.257 e. The average Bonchev–Trinajstić information content (AvgIpc) is 2.69. The van der Waals surface area contributed by atoms with Gasteiger partial charge in [0.15, 0.2) is 5.78 Å². The summed E-state index contributed by atoms with van der Waals surface area (Å²) in [6, 6.07) is -1.15. The van der Waals surface area contributed by atoms with Gasteiger partial charge in [-0.1, -0.05) is 26.0 Å². The molecule has 0 bridgehead atoms. The highest BCUT2D eigenvalue weighted by molar-refractivity contribution is 6.22. The lowest BCUT2D eigenvalue weighted by Gasteiger charge is -2.27. The fourth-order valence-electron chi connectivity index (χ4n) is 3.45. The Morgan fingerprint density at radius 3 is 2.46 bits per heavy atom. The SMILES string of the molecule is CC(C)[C@H](O)C(=O)N[C@@H](C)C(=O)C1=C2C=CCCC2[C@H](N)CN(C)C1=O.O.O. The van der Waals surface area contributed by atoms with E-state index in [1.165, 1.54) is 11.8 Å². The number of carbonyl (C=O) groups is 3. The molecule has 1 heterocycles. The Kier molecular flexibility index (Phi) is 9.69. The standard InChI is InChI=1S/C19H29N3O4.2H2O/c1-10(2)16(23)18(25)21-11(3)17(24)15-13-8-6-5-7-12(13)14(20)9-22(4)19(15)26;;/h6,8,10-12,14,16,23H,5,7,9,20H2,1-4H3,(H,21,25);2*1H2/t11-,12?,14+,16-;;/m0../s1. The highest BCUT2D eigenvalue weighted by Gasteiger charge is 2.38. The first-order valence-electron chi connectivity index (χ1n) is 9.09. The van der Waals surface area contributed by atoms with Gasteiger partial charge in [0.25, 0.3) is 5.91 Å². The van der Waals surface area contributed by atoms with Crippen LogP contribution in [0.2, 0.25) is 0 Å². The minimum Gasteiger partial charge on any atom is -0.412 e. The minimum atomic E-state index is -1.20. The van der Waals surface area contributed by atoms with Crippen LogP contribution in [0.4, 0.5) is 0 Å². The molecule has 0 aromatic rings. The predicted molar refractivity (Wildman–Crippen MR) is 105 cm³/mol. The molecular formula is C19H33N3O6. The van der Waals surface area contributed by atoms with Crippen molar-refractivity contribution in [3.05, 3.63) is 23.3 Å². The number of aliphatic hydroxyl groups excluding tert-OH is 1. The van der Waals surface area contributed by atoms with Crippen LogP contribution >= 0.6 is 0 Å². The molecule has 1 aliphatic carbocycles. The lowest BCUT2D eigenvalue weighted by Crippen LogP contribution is -2.47. The van der Waals surface area contributed by atoms with Crippen LogP contribution < -0.4 is 11.1 Å². The maximum Gasteiger partial charge on any atom is 0.257 e. The van der Waals surface area contributed by atoms with Crippen LogP contribution in [-0.2, 0) is 14.4 Å². The van der Waals surface area contributed by atoms with Gasteiger partial charge in [-0.25, -0.2) is 0 Å². The number of nitrogens with two attached hydrogens (primary N) is 1. The van der Waals surface area contributed by atoms with E-state index >= 15 is 0 Å². The number of aliphatic hydroxyl groups is 1. The minimum absolute atomic E-state index is 0. The number of rotatable bonds is 5. The molecule has 1 aliphatic heterocycles. The van der Waals surface area contributed by atoms with Gasteiger partial charge in [0.05, 0.1) is 11.6 Å². The van der Waals surface area contributed by atoms with Crippen molar-refractivity contribution in [1.82, 2.24) is 10.2 Å². The van der Waals surface area contributed by atoms with E-state index in [-0.39, 0.29) is 40.3 Å². The maximum absolute atomic E-state index is 13.0. The van der Waals surface area contributed by atoms with Gasteiger partial charge in [0, 0.05) is 25.6 Å². The van der Waals surface area contributed by atoms with Crippen LogP contribution in [0.1, 0.15) is 33.6 Å². The second-order valence-electron chi connectivity index (χ2n) is 7.55. The number of likely N-dealkylation sites (N-methyl/N-ethyl adjacent to an activating group) is 1. The molecule has 0 spiro atoms. The van der Waals surface area contributed by atoms with E-state index in [4.69, 9.17) is 5.73 Å². The quantitative estimate of drug-likeness (QED) is 0.475. The summed E-state index contributed by atoms with van der Waals surface area (Å²) in [7, 11) is 1.63. The highest BCUT2D eigenvalue weighted by atomic mass is 16.3. The van der Waals surface area contributed by atoms with Crippen molar-refractivity contribution in [3.63, 3.8) is 0 Å². The Morgan fingerprint density at radius 2 is 1.89 bits per heavy atom. The molecule has 2 amide bonds. The third kappa shape index (κ3) is 5.26. The Hall–Kier alpha value is -2.07. The maximum atomic E-state index is 13.0. The van der Waals surface area contributed by atoms with E-state index in [0.717, 1.165) is 12.8 Å².